The SMILES string of the molecule is C=CCN1C(=O)[C@@](O)([C@@H](C)/C=C/CCO)c2cc(NC(=O)c3ccccc3)ccc21. The van der Waals surface area contributed by atoms with Crippen molar-refractivity contribution >= 4 is 23.2 Å². The number of nitrogens with zero attached hydrogens (tertiary/aromatic N) is 1. The first-order valence-corrected chi connectivity index (χ1v) is 9.87. The van der Waals surface area contributed by atoms with Crippen molar-refractivity contribution in [3.63, 3.8) is 0 Å². The molecule has 3 N–H and O–H groups in total. The quantitative estimate of drug-likeness (QED) is 0.587. The van der Waals surface area contributed by atoms with E-state index in [1.54, 1.807) is 67.6 Å². The minimum Gasteiger partial charge on any atom is -0.396 e. The van der Waals surface area contributed by atoms with E-state index in [-0.39, 0.29) is 19.1 Å². The number of nitrogens with one attached hydrogen (secondary N) is 1. The predicted octanol–water partition coefficient (Wildman–Crippen LogP) is 3.23. The second-order valence-corrected chi connectivity index (χ2v) is 7.25. The van der Waals surface area contributed by atoms with Gasteiger partial charge in [0.15, 0.2) is 5.60 Å². The number of rotatable bonds is 8. The smallest absolute Gasteiger partial charge is 0.264 e. The van der Waals surface area contributed by atoms with Gasteiger partial charge >= 0.3 is 0 Å². The first-order chi connectivity index (χ1) is 14.4. The molecule has 0 bridgehead atoms. The highest BCUT2D eigenvalue weighted by Gasteiger charge is 2.52. The topological polar surface area (TPSA) is 89.9 Å². The third-order valence-corrected chi connectivity index (χ3v) is 5.25. The number of anilines is 2. The molecule has 0 fully saturated rings. The molecule has 0 aromatic heterocycles. The van der Waals surface area contributed by atoms with Crippen LogP contribution in [0.4, 0.5) is 11.4 Å². The van der Waals surface area contributed by atoms with Gasteiger partial charge in [0.1, 0.15) is 0 Å². The van der Waals surface area contributed by atoms with Gasteiger partial charge in [-0.2, -0.15) is 0 Å². The monoisotopic (exact) mass is 406 g/mol. The van der Waals surface area contributed by atoms with Crippen molar-refractivity contribution in [1.82, 2.24) is 0 Å². The maximum atomic E-state index is 13.2. The zero-order valence-electron chi connectivity index (χ0n) is 16.9. The second-order valence-electron chi connectivity index (χ2n) is 7.25. The lowest BCUT2D eigenvalue weighted by molar-refractivity contribution is -0.139. The molecule has 6 heteroatoms. The van der Waals surface area contributed by atoms with Gasteiger partial charge in [0.05, 0.1) is 5.69 Å². The van der Waals surface area contributed by atoms with Crippen LogP contribution in [0.3, 0.4) is 0 Å². The maximum Gasteiger partial charge on any atom is 0.264 e. The molecule has 2 aromatic carbocycles. The molecule has 0 aliphatic carbocycles. The van der Waals surface area contributed by atoms with Crippen LogP contribution in [0, 0.1) is 5.92 Å². The molecule has 156 valence electrons. The number of carbonyl (C=O) groups is 2. The van der Waals surface area contributed by atoms with Gasteiger partial charge in [0.25, 0.3) is 11.8 Å². The second kappa shape index (κ2) is 9.07. The summed E-state index contributed by atoms with van der Waals surface area (Å²) in [6.07, 6.45) is 5.51. The van der Waals surface area contributed by atoms with Crippen LogP contribution < -0.4 is 10.2 Å². The molecule has 2 amide bonds. The van der Waals surface area contributed by atoms with Gasteiger partial charge in [-0.25, -0.2) is 0 Å². The summed E-state index contributed by atoms with van der Waals surface area (Å²) < 4.78 is 0. The van der Waals surface area contributed by atoms with E-state index in [4.69, 9.17) is 5.11 Å². The Hall–Kier alpha value is -3.22. The van der Waals surface area contributed by atoms with E-state index in [1.807, 2.05) is 6.07 Å². The Morgan fingerprint density at radius 3 is 2.67 bits per heavy atom. The van der Waals surface area contributed by atoms with E-state index >= 15 is 0 Å². The van der Waals surface area contributed by atoms with Crippen molar-refractivity contribution in [3.8, 4) is 0 Å². The molecule has 0 radical (unpaired) electrons. The maximum absolute atomic E-state index is 13.2. The Kier molecular flexibility index (Phi) is 6.50. The highest BCUT2D eigenvalue weighted by Crippen LogP contribution is 2.46. The van der Waals surface area contributed by atoms with Crippen LogP contribution in [0.15, 0.2) is 73.3 Å². The highest BCUT2D eigenvalue weighted by atomic mass is 16.3. The molecule has 3 rings (SSSR count). The summed E-state index contributed by atoms with van der Waals surface area (Å²) in [5, 5.41) is 23.3. The number of amides is 2. The first kappa shape index (κ1) is 21.5. The van der Waals surface area contributed by atoms with Gasteiger partial charge in [0, 0.05) is 35.9 Å². The number of carbonyl (C=O) groups excluding carboxylic acids is 2. The van der Waals surface area contributed by atoms with E-state index in [0.717, 1.165) is 0 Å². The average Bonchev–Trinajstić information content (AvgIpc) is 2.97. The molecule has 1 heterocycles. The Morgan fingerprint density at radius 2 is 2.00 bits per heavy atom. The van der Waals surface area contributed by atoms with Crippen molar-refractivity contribution in [1.29, 1.82) is 0 Å². The molecule has 0 unspecified atom stereocenters. The molecule has 0 saturated carbocycles. The van der Waals surface area contributed by atoms with Crippen molar-refractivity contribution in [2.45, 2.75) is 18.9 Å². The van der Waals surface area contributed by atoms with Crippen LogP contribution in [0.5, 0.6) is 0 Å². The van der Waals surface area contributed by atoms with Gasteiger partial charge in [-0.05, 0) is 36.8 Å². The summed E-state index contributed by atoms with van der Waals surface area (Å²) in [4.78, 5) is 27.2. The normalized spacial score (nSPS) is 19.0. The number of hydrogen-bond donors (Lipinski definition) is 3. The number of aliphatic hydroxyl groups is 2. The third-order valence-electron chi connectivity index (χ3n) is 5.25. The summed E-state index contributed by atoms with van der Waals surface area (Å²) in [7, 11) is 0. The van der Waals surface area contributed by atoms with Crippen molar-refractivity contribution < 1.29 is 19.8 Å². The Balaban J connectivity index is 1.98. The molecule has 30 heavy (non-hydrogen) atoms. The summed E-state index contributed by atoms with van der Waals surface area (Å²) in [6, 6.07) is 13.9. The van der Waals surface area contributed by atoms with E-state index in [1.165, 1.54) is 4.90 Å². The van der Waals surface area contributed by atoms with Gasteiger partial charge in [-0.15, -0.1) is 6.58 Å². The minimum atomic E-state index is -1.78. The summed E-state index contributed by atoms with van der Waals surface area (Å²) >= 11 is 0. The number of hydrogen-bond acceptors (Lipinski definition) is 4. The summed E-state index contributed by atoms with van der Waals surface area (Å²) in [5.41, 5.74) is 0.236. The standard InChI is InChI=1S/C24H26N2O4/c1-3-14-26-21-13-12-19(25-22(28)18-10-5-4-6-11-18)16-20(21)24(30,23(26)29)17(2)9-7-8-15-27/h3-7,9-13,16-17,27,30H,1,8,14-15H2,2H3,(H,25,28)/b9-7+/t17-,24+/m0/s1. The van der Waals surface area contributed by atoms with Crippen LogP contribution in [0.25, 0.3) is 0 Å². The predicted molar refractivity (Wildman–Crippen MR) is 117 cm³/mol. The van der Waals surface area contributed by atoms with Crippen molar-refractivity contribution in [3.05, 3.63) is 84.5 Å². The van der Waals surface area contributed by atoms with E-state index in [2.05, 4.69) is 11.9 Å². The molecular formula is C24H26N2O4. The third kappa shape index (κ3) is 3.92. The number of benzene rings is 2. The zero-order valence-corrected chi connectivity index (χ0v) is 16.9. The van der Waals surface area contributed by atoms with Crippen LogP contribution in [-0.4, -0.2) is 35.2 Å². The molecule has 0 spiro atoms. The fraction of sp³-hybridized carbons (Fsp3) is 0.250. The van der Waals surface area contributed by atoms with Crippen molar-refractivity contribution in [2.75, 3.05) is 23.4 Å². The van der Waals surface area contributed by atoms with E-state index in [9.17, 15) is 14.7 Å². The molecule has 1 aliphatic rings. The van der Waals surface area contributed by atoms with Crippen molar-refractivity contribution in [2.24, 2.45) is 5.92 Å². The average molecular weight is 406 g/mol. The Morgan fingerprint density at radius 1 is 1.27 bits per heavy atom. The fourth-order valence-corrected chi connectivity index (χ4v) is 3.64. The van der Waals surface area contributed by atoms with Gasteiger partial charge in [-0.1, -0.05) is 43.4 Å². The first-order valence-electron chi connectivity index (χ1n) is 9.87. The lowest BCUT2D eigenvalue weighted by atomic mass is 9.82. The fourth-order valence-electron chi connectivity index (χ4n) is 3.64. The highest BCUT2D eigenvalue weighted by molar-refractivity contribution is 6.09. The molecule has 6 nitrogen and oxygen atoms in total. The molecule has 0 saturated heterocycles. The number of aliphatic hydroxyl groups excluding tert-OH is 1. The van der Waals surface area contributed by atoms with E-state index in [0.29, 0.717) is 28.9 Å². The number of fused-ring (bicyclic) bond motifs is 1. The zero-order chi connectivity index (χ0) is 21.7. The Labute approximate surface area is 176 Å². The van der Waals surface area contributed by atoms with Gasteiger partial charge in [0.2, 0.25) is 0 Å². The van der Waals surface area contributed by atoms with Crippen LogP contribution in [0.2, 0.25) is 0 Å². The summed E-state index contributed by atoms with van der Waals surface area (Å²) in [5.74, 6) is -1.25. The van der Waals surface area contributed by atoms with Gasteiger partial charge in [-0.3, -0.25) is 9.59 Å². The largest absolute Gasteiger partial charge is 0.396 e. The molecule has 2 atom stereocenters. The lowest BCUT2D eigenvalue weighted by Crippen LogP contribution is -2.44. The van der Waals surface area contributed by atoms with Crippen LogP contribution >= 0.6 is 0 Å². The molecular weight excluding hydrogens is 380 g/mol. The molecule has 1 aliphatic heterocycles. The molecule has 2 aromatic rings. The Bertz CT molecular complexity index is 970. The minimum absolute atomic E-state index is 0.00949. The van der Waals surface area contributed by atoms with Crippen LogP contribution in [0.1, 0.15) is 29.3 Å². The van der Waals surface area contributed by atoms with Gasteiger partial charge < -0.3 is 20.4 Å². The lowest BCUT2D eigenvalue weighted by Gasteiger charge is -2.27. The summed E-state index contributed by atoms with van der Waals surface area (Å²) in [6.45, 7) is 5.70. The van der Waals surface area contributed by atoms with Crippen LogP contribution in [-0.2, 0) is 10.4 Å². The van der Waals surface area contributed by atoms with E-state index < -0.39 is 17.4 Å².